The number of carbonyl (C=O) groups is 1. The lowest BCUT2D eigenvalue weighted by Crippen LogP contribution is -2.50. The van der Waals surface area contributed by atoms with Crippen molar-refractivity contribution in [1.82, 2.24) is 9.21 Å². The number of likely N-dealkylation sites (tertiary alicyclic amines) is 1. The third kappa shape index (κ3) is 3.32. The van der Waals surface area contributed by atoms with E-state index in [4.69, 9.17) is 0 Å². The van der Waals surface area contributed by atoms with E-state index in [2.05, 4.69) is 4.90 Å². The summed E-state index contributed by atoms with van der Waals surface area (Å²) in [5, 5.41) is 9.22. The molecule has 0 aliphatic carbocycles. The van der Waals surface area contributed by atoms with Crippen LogP contribution in [-0.4, -0.2) is 66.2 Å². The molecule has 2 fully saturated rings. The number of hydrogen-bond acceptors (Lipinski definition) is 4. The molecule has 7 heteroatoms. The van der Waals surface area contributed by atoms with Crippen molar-refractivity contribution in [2.75, 3.05) is 25.4 Å². The Balaban J connectivity index is 1.93. The Bertz CT molecular complexity index is 443. The van der Waals surface area contributed by atoms with Crippen LogP contribution < -0.4 is 0 Å². The molecule has 6 nitrogen and oxygen atoms in total. The zero-order valence-corrected chi connectivity index (χ0v) is 12.8. The molecule has 1 N–H and O–H groups in total. The van der Waals surface area contributed by atoms with E-state index in [0.29, 0.717) is 25.9 Å². The van der Waals surface area contributed by atoms with Crippen molar-refractivity contribution in [2.24, 2.45) is 0 Å². The first-order valence-electron chi connectivity index (χ1n) is 7.42. The van der Waals surface area contributed by atoms with Gasteiger partial charge in [0, 0.05) is 19.1 Å². The molecular formula is C13H24N2O4S. The van der Waals surface area contributed by atoms with Crippen LogP contribution in [0.15, 0.2) is 0 Å². The zero-order valence-electron chi connectivity index (χ0n) is 12.0. The van der Waals surface area contributed by atoms with Crippen LogP contribution in [0.4, 0.5) is 0 Å². The van der Waals surface area contributed by atoms with Gasteiger partial charge in [0.1, 0.15) is 6.04 Å². The standard InChI is InChI=1S/C13H24N2O4S/c1-2-10-20(18,19)14-8-5-11(6-9-14)15-7-3-4-12(15)13(16)17/h11-12H,2-10H2,1H3,(H,16,17). The van der Waals surface area contributed by atoms with Gasteiger partial charge in [-0.1, -0.05) is 6.92 Å². The van der Waals surface area contributed by atoms with Gasteiger partial charge in [0.05, 0.1) is 5.75 Å². The fraction of sp³-hybridized carbons (Fsp3) is 0.923. The summed E-state index contributed by atoms with van der Waals surface area (Å²) in [5.74, 6) is -0.539. The van der Waals surface area contributed by atoms with Crippen molar-refractivity contribution >= 4 is 16.0 Å². The van der Waals surface area contributed by atoms with Crippen LogP contribution in [0.3, 0.4) is 0 Å². The maximum Gasteiger partial charge on any atom is 0.320 e. The quantitative estimate of drug-likeness (QED) is 0.810. The number of hydrogen-bond donors (Lipinski definition) is 1. The highest BCUT2D eigenvalue weighted by Gasteiger charge is 2.38. The van der Waals surface area contributed by atoms with Crippen LogP contribution in [0.5, 0.6) is 0 Å². The highest BCUT2D eigenvalue weighted by atomic mass is 32.2. The lowest BCUT2D eigenvalue weighted by molar-refractivity contribution is -0.143. The molecule has 2 saturated heterocycles. The summed E-state index contributed by atoms with van der Waals surface area (Å²) < 4.78 is 25.6. The number of aliphatic carboxylic acids is 1. The molecule has 2 aliphatic rings. The lowest BCUT2D eigenvalue weighted by Gasteiger charge is -2.37. The Kier molecular flexibility index (Phi) is 5.04. The number of piperidine rings is 1. The molecular weight excluding hydrogens is 280 g/mol. The van der Waals surface area contributed by atoms with Gasteiger partial charge >= 0.3 is 5.97 Å². The van der Waals surface area contributed by atoms with Crippen LogP contribution in [0, 0.1) is 0 Å². The molecule has 1 atom stereocenters. The van der Waals surface area contributed by atoms with Gasteiger partial charge in [-0.25, -0.2) is 12.7 Å². The Morgan fingerprint density at radius 2 is 1.85 bits per heavy atom. The van der Waals surface area contributed by atoms with E-state index in [1.807, 2.05) is 6.92 Å². The van der Waals surface area contributed by atoms with Gasteiger partial charge in [-0.2, -0.15) is 0 Å². The van der Waals surface area contributed by atoms with Crippen molar-refractivity contribution in [3.63, 3.8) is 0 Å². The first-order chi connectivity index (χ1) is 9.45. The van der Waals surface area contributed by atoms with Crippen LogP contribution in [0.2, 0.25) is 0 Å². The summed E-state index contributed by atoms with van der Waals surface area (Å²) in [7, 11) is -3.11. The smallest absolute Gasteiger partial charge is 0.320 e. The number of nitrogens with zero attached hydrogens (tertiary/aromatic N) is 2. The van der Waals surface area contributed by atoms with E-state index in [1.54, 1.807) is 4.31 Å². The number of rotatable bonds is 5. The molecule has 0 spiro atoms. The summed E-state index contributed by atoms with van der Waals surface area (Å²) in [4.78, 5) is 13.3. The fourth-order valence-corrected chi connectivity index (χ4v) is 4.87. The average molecular weight is 304 g/mol. The zero-order chi connectivity index (χ0) is 14.8. The van der Waals surface area contributed by atoms with Gasteiger partial charge in [0.2, 0.25) is 10.0 Å². The summed E-state index contributed by atoms with van der Waals surface area (Å²) in [5.41, 5.74) is 0. The van der Waals surface area contributed by atoms with Gasteiger partial charge in [0.15, 0.2) is 0 Å². The molecule has 1 unspecified atom stereocenters. The van der Waals surface area contributed by atoms with Crippen molar-refractivity contribution < 1.29 is 18.3 Å². The number of carboxylic acid groups (broad SMARTS) is 1. The minimum Gasteiger partial charge on any atom is -0.480 e. The molecule has 0 aromatic carbocycles. The van der Waals surface area contributed by atoms with Crippen LogP contribution in [-0.2, 0) is 14.8 Å². The molecule has 2 rings (SSSR count). The van der Waals surface area contributed by atoms with Gasteiger partial charge in [-0.05, 0) is 38.6 Å². The molecule has 0 bridgehead atoms. The Labute approximate surface area is 120 Å². The van der Waals surface area contributed by atoms with Crippen LogP contribution in [0.1, 0.15) is 39.0 Å². The van der Waals surface area contributed by atoms with Gasteiger partial charge in [-0.3, -0.25) is 9.69 Å². The molecule has 2 aliphatic heterocycles. The van der Waals surface area contributed by atoms with E-state index >= 15 is 0 Å². The molecule has 0 aromatic rings. The first kappa shape index (κ1) is 15.7. The second-order valence-electron chi connectivity index (χ2n) is 5.68. The van der Waals surface area contributed by atoms with Crippen molar-refractivity contribution in [3.05, 3.63) is 0 Å². The monoisotopic (exact) mass is 304 g/mol. The van der Waals surface area contributed by atoms with Gasteiger partial charge in [0.25, 0.3) is 0 Å². The van der Waals surface area contributed by atoms with Gasteiger partial charge in [-0.15, -0.1) is 0 Å². The molecule has 20 heavy (non-hydrogen) atoms. The van der Waals surface area contributed by atoms with Crippen LogP contribution >= 0.6 is 0 Å². The predicted molar refractivity (Wildman–Crippen MR) is 76.0 cm³/mol. The Morgan fingerprint density at radius 3 is 2.40 bits per heavy atom. The lowest BCUT2D eigenvalue weighted by atomic mass is 10.0. The number of sulfonamides is 1. The maximum absolute atomic E-state index is 12.0. The third-order valence-corrected chi connectivity index (χ3v) is 6.40. The molecule has 0 amide bonds. The largest absolute Gasteiger partial charge is 0.480 e. The molecule has 2 heterocycles. The van der Waals surface area contributed by atoms with E-state index < -0.39 is 16.0 Å². The normalized spacial score (nSPS) is 26.9. The Morgan fingerprint density at radius 1 is 1.20 bits per heavy atom. The second-order valence-corrected chi connectivity index (χ2v) is 7.77. The average Bonchev–Trinajstić information content (AvgIpc) is 2.88. The topological polar surface area (TPSA) is 77.9 Å². The number of carboxylic acids is 1. The highest BCUT2D eigenvalue weighted by Crippen LogP contribution is 2.27. The van der Waals surface area contributed by atoms with E-state index in [-0.39, 0.29) is 17.8 Å². The molecule has 0 radical (unpaired) electrons. The maximum atomic E-state index is 12.0. The fourth-order valence-electron chi connectivity index (χ4n) is 3.33. The molecule has 0 aromatic heterocycles. The summed E-state index contributed by atoms with van der Waals surface area (Å²) in [6.45, 7) is 3.74. The summed E-state index contributed by atoms with van der Waals surface area (Å²) in [6, 6.07) is -0.162. The first-order valence-corrected chi connectivity index (χ1v) is 9.03. The van der Waals surface area contributed by atoms with Gasteiger partial charge < -0.3 is 5.11 Å². The second kappa shape index (κ2) is 6.41. The minimum absolute atomic E-state index is 0.207. The molecule has 116 valence electrons. The van der Waals surface area contributed by atoms with Crippen molar-refractivity contribution in [2.45, 2.75) is 51.1 Å². The Hall–Kier alpha value is -0.660. The SMILES string of the molecule is CCCS(=O)(=O)N1CCC(N2CCCC2C(=O)O)CC1. The van der Waals surface area contributed by atoms with Crippen molar-refractivity contribution in [1.29, 1.82) is 0 Å². The molecule has 0 saturated carbocycles. The van der Waals surface area contributed by atoms with E-state index in [9.17, 15) is 18.3 Å². The van der Waals surface area contributed by atoms with Crippen LogP contribution in [0.25, 0.3) is 0 Å². The minimum atomic E-state index is -3.11. The third-order valence-electron chi connectivity index (χ3n) is 4.33. The highest BCUT2D eigenvalue weighted by molar-refractivity contribution is 7.89. The summed E-state index contributed by atoms with van der Waals surface area (Å²) in [6.07, 6.45) is 3.75. The summed E-state index contributed by atoms with van der Waals surface area (Å²) >= 11 is 0. The van der Waals surface area contributed by atoms with E-state index in [0.717, 1.165) is 25.8 Å². The van der Waals surface area contributed by atoms with E-state index in [1.165, 1.54) is 0 Å². The van der Waals surface area contributed by atoms with Crippen molar-refractivity contribution in [3.8, 4) is 0 Å². The predicted octanol–water partition coefficient (Wildman–Crippen LogP) is 0.740.